The molecule has 1 aromatic rings. The number of ether oxygens (including phenoxy) is 1. The van der Waals surface area contributed by atoms with E-state index in [1.165, 1.54) is 0 Å². The van der Waals surface area contributed by atoms with Crippen LogP contribution in [0.2, 0.25) is 5.15 Å². The Kier molecular flexibility index (Phi) is 4.60. The molecule has 0 aliphatic carbocycles. The van der Waals surface area contributed by atoms with Crippen LogP contribution >= 0.6 is 11.6 Å². The quantitative estimate of drug-likeness (QED) is 0.788. The average molecular weight is 298 g/mol. The summed E-state index contributed by atoms with van der Waals surface area (Å²) < 4.78 is 5.69. The smallest absolute Gasteiger partial charge is 0.223 e. The van der Waals surface area contributed by atoms with Crippen LogP contribution in [0.1, 0.15) is 18.4 Å². The van der Waals surface area contributed by atoms with E-state index in [1.807, 2.05) is 6.07 Å². The molecule has 1 fully saturated rings. The molecular formula is C12H16ClN5O2. The van der Waals surface area contributed by atoms with Crippen LogP contribution in [0.25, 0.3) is 0 Å². The second kappa shape index (κ2) is 6.22. The molecule has 0 saturated carbocycles. The van der Waals surface area contributed by atoms with E-state index < -0.39 is 0 Å². The molecule has 1 saturated heterocycles. The monoisotopic (exact) mass is 297 g/mol. The van der Waals surface area contributed by atoms with Crippen LogP contribution in [0, 0.1) is 11.3 Å². The molecule has 0 spiro atoms. The van der Waals surface area contributed by atoms with Gasteiger partial charge in [-0.05, 0) is 12.8 Å². The zero-order valence-electron chi connectivity index (χ0n) is 11.1. The maximum atomic E-state index is 9.11. The van der Waals surface area contributed by atoms with Gasteiger partial charge in [-0.1, -0.05) is 11.6 Å². The molecule has 0 amide bonds. The normalized spacial score (nSPS) is 21.7. The van der Waals surface area contributed by atoms with Crippen molar-refractivity contribution in [1.29, 1.82) is 5.26 Å². The van der Waals surface area contributed by atoms with Crippen molar-refractivity contribution in [2.75, 3.05) is 24.3 Å². The minimum Gasteiger partial charge on any atom is -0.394 e. The number of aliphatic hydroxyl groups is 1. The SMILES string of the molecule is CN(c1nc(N)nc(Cl)c1CC#N)C1CCC(CO)O1. The van der Waals surface area contributed by atoms with Gasteiger partial charge in [0.15, 0.2) is 0 Å². The number of rotatable bonds is 4. The summed E-state index contributed by atoms with van der Waals surface area (Å²) in [6.45, 7) is -0.0118. The largest absolute Gasteiger partial charge is 0.394 e. The van der Waals surface area contributed by atoms with Crippen molar-refractivity contribution in [1.82, 2.24) is 9.97 Å². The van der Waals surface area contributed by atoms with Crippen LogP contribution in [0.15, 0.2) is 0 Å². The van der Waals surface area contributed by atoms with Gasteiger partial charge in [-0.3, -0.25) is 0 Å². The molecule has 7 nitrogen and oxygen atoms in total. The van der Waals surface area contributed by atoms with Crippen molar-refractivity contribution in [2.24, 2.45) is 0 Å². The number of nitrogens with two attached hydrogens (primary N) is 1. The molecule has 2 heterocycles. The first kappa shape index (κ1) is 14.8. The Morgan fingerprint density at radius 1 is 1.55 bits per heavy atom. The first-order valence-corrected chi connectivity index (χ1v) is 6.62. The Balaban J connectivity index is 2.29. The molecule has 0 aromatic carbocycles. The number of anilines is 2. The lowest BCUT2D eigenvalue weighted by molar-refractivity contribution is 0.0124. The highest BCUT2D eigenvalue weighted by molar-refractivity contribution is 6.30. The predicted octanol–water partition coefficient (Wildman–Crippen LogP) is 0.712. The number of nitrogens with zero attached hydrogens (tertiary/aromatic N) is 4. The van der Waals surface area contributed by atoms with Crippen LogP contribution in [-0.2, 0) is 11.2 Å². The van der Waals surface area contributed by atoms with Gasteiger partial charge in [-0.25, -0.2) is 4.98 Å². The fourth-order valence-electron chi connectivity index (χ4n) is 2.23. The van der Waals surface area contributed by atoms with Gasteiger partial charge in [-0.2, -0.15) is 10.2 Å². The molecular weight excluding hydrogens is 282 g/mol. The fourth-order valence-corrected chi connectivity index (χ4v) is 2.46. The average Bonchev–Trinajstić information content (AvgIpc) is 2.89. The Morgan fingerprint density at radius 3 is 2.90 bits per heavy atom. The number of nitriles is 1. The zero-order valence-corrected chi connectivity index (χ0v) is 11.8. The first-order valence-electron chi connectivity index (χ1n) is 6.24. The van der Waals surface area contributed by atoms with E-state index in [0.29, 0.717) is 11.4 Å². The topological polar surface area (TPSA) is 108 Å². The summed E-state index contributed by atoms with van der Waals surface area (Å²) in [7, 11) is 1.80. The van der Waals surface area contributed by atoms with Crippen LogP contribution in [-0.4, -0.2) is 41.1 Å². The molecule has 2 rings (SSSR count). The van der Waals surface area contributed by atoms with Crippen molar-refractivity contribution in [3.8, 4) is 6.07 Å². The molecule has 20 heavy (non-hydrogen) atoms. The van der Waals surface area contributed by atoms with Crippen molar-refractivity contribution < 1.29 is 9.84 Å². The standard InChI is InChI=1S/C12H16ClN5O2/c1-18(9-3-2-7(6-19)20-9)11-8(4-5-14)10(13)16-12(15)17-11/h7,9,19H,2-4,6H2,1H3,(H2,15,16,17). The molecule has 2 unspecified atom stereocenters. The second-order valence-electron chi connectivity index (χ2n) is 4.59. The van der Waals surface area contributed by atoms with Crippen LogP contribution in [0.3, 0.4) is 0 Å². The summed E-state index contributed by atoms with van der Waals surface area (Å²) in [5.74, 6) is 0.544. The molecule has 108 valence electrons. The van der Waals surface area contributed by atoms with E-state index in [-0.39, 0.29) is 36.5 Å². The third-order valence-electron chi connectivity index (χ3n) is 3.26. The first-order chi connectivity index (χ1) is 9.56. The molecule has 3 N–H and O–H groups in total. The maximum absolute atomic E-state index is 9.11. The summed E-state index contributed by atoms with van der Waals surface area (Å²) in [5, 5.41) is 18.2. The van der Waals surface area contributed by atoms with E-state index in [0.717, 1.165) is 12.8 Å². The van der Waals surface area contributed by atoms with Gasteiger partial charge in [0, 0.05) is 12.6 Å². The molecule has 1 aromatic heterocycles. The van der Waals surface area contributed by atoms with Gasteiger partial charge in [0.1, 0.15) is 17.2 Å². The lowest BCUT2D eigenvalue weighted by Crippen LogP contribution is -2.34. The van der Waals surface area contributed by atoms with Crippen molar-refractivity contribution in [3.05, 3.63) is 10.7 Å². The number of halogens is 1. The summed E-state index contributed by atoms with van der Waals surface area (Å²) in [5.41, 5.74) is 6.15. The summed E-state index contributed by atoms with van der Waals surface area (Å²) in [6, 6.07) is 2.04. The van der Waals surface area contributed by atoms with Crippen LogP contribution in [0.4, 0.5) is 11.8 Å². The van der Waals surface area contributed by atoms with E-state index in [4.69, 9.17) is 32.4 Å². The summed E-state index contributed by atoms with van der Waals surface area (Å²) in [6.07, 6.45) is 1.23. The lowest BCUT2D eigenvalue weighted by atomic mass is 10.2. The van der Waals surface area contributed by atoms with Crippen molar-refractivity contribution in [3.63, 3.8) is 0 Å². The van der Waals surface area contributed by atoms with Gasteiger partial charge in [-0.15, -0.1) is 0 Å². The fraction of sp³-hybridized carbons (Fsp3) is 0.583. The van der Waals surface area contributed by atoms with Gasteiger partial charge < -0.3 is 20.5 Å². The number of aromatic nitrogens is 2. The Labute approximate surface area is 121 Å². The molecule has 0 bridgehead atoms. The van der Waals surface area contributed by atoms with E-state index in [1.54, 1.807) is 11.9 Å². The number of hydrogen-bond donors (Lipinski definition) is 2. The third-order valence-corrected chi connectivity index (χ3v) is 3.58. The van der Waals surface area contributed by atoms with Gasteiger partial charge in [0.25, 0.3) is 0 Å². The molecule has 1 aliphatic heterocycles. The molecule has 2 atom stereocenters. The Hall–Kier alpha value is -1.62. The molecule has 0 radical (unpaired) electrons. The van der Waals surface area contributed by atoms with Gasteiger partial charge >= 0.3 is 0 Å². The van der Waals surface area contributed by atoms with Crippen LogP contribution < -0.4 is 10.6 Å². The minimum atomic E-state index is -0.227. The van der Waals surface area contributed by atoms with Gasteiger partial charge in [0.2, 0.25) is 5.95 Å². The number of aliphatic hydroxyl groups excluding tert-OH is 1. The highest BCUT2D eigenvalue weighted by Crippen LogP contribution is 2.30. The van der Waals surface area contributed by atoms with Crippen LogP contribution in [0.5, 0.6) is 0 Å². The highest BCUT2D eigenvalue weighted by Gasteiger charge is 2.30. The maximum Gasteiger partial charge on any atom is 0.223 e. The summed E-state index contributed by atoms with van der Waals surface area (Å²) >= 11 is 6.03. The Bertz CT molecular complexity index is 533. The third kappa shape index (κ3) is 2.93. The highest BCUT2D eigenvalue weighted by atomic mass is 35.5. The summed E-state index contributed by atoms with van der Waals surface area (Å²) in [4.78, 5) is 9.81. The molecule has 1 aliphatic rings. The van der Waals surface area contributed by atoms with E-state index in [2.05, 4.69) is 9.97 Å². The van der Waals surface area contributed by atoms with Crippen molar-refractivity contribution in [2.45, 2.75) is 31.6 Å². The molecule has 8 heteroatoms. The van der Waals surface area contributed by atoms with E-state index in [9.17, 15) is 0 Å². The zero-order chi connectivity index (χ0) is 14.7. The lowest BCUT2D eigenvalue weighted by Gasteiger charge is -2.27. The number of nitrogen functional groups attached to an aromatic ring is 1. The van der Waals surface area contributed by atoms with Crippen molar-refractivity contribution >= 4 is 23.4 Å². The van der Waals surface area contributed by atoms with Gasteiger partial charge in [0.05, 0.1) is 25.2 Å². The predicted molar refractivity (Wildman–Crippen MR) is 74.2 cm³/mol. The second-order valence-corrected chi connectivity index (χ2v) is 4.95. The minimum absolute atomic E-state index is 0.0118. The number of hydrogen-bond acceptors (Lipinski definition) is 7. The van der Waals surface area contributed by atoms with E-state index >= 15 is 0 Å². The Morgan fingerprint density at radius 2 is 2.30 bits per heavy atom.